The molecule has 2 aromatic heterocycles. The first-order chi connectivity index (χ1) is 15.1. The van der Waals surface area contributed by atoms with Crippen LogP contribution >= 0.6 is 0 Å². The summed E-state index contributed by atoms with van der Waals surface area (Å²) in [6, 6.07) is 13.6. The highest BCUT2D eigenvalue weighted by Gasteiger charge is 2.26. The molecule has 1 aliphatic heterocycles. The zero-order valence-corrected chi connectivity index (χ0v) is 17.9. The fraction of sp³-hybridized carbons (Fsp3) is 0.333. The third-order valence-electron chi connectivity index (χ3n) is 5.58. The number of nitrogens with one attached hydrogen (secondary N) is 1. The molecule has 0 bridgehead atoms. The third kappa shape index (κ3) is 5.17. The standard InChI is InChI=1S/C24H27N5O2/c1-17-14-22(28-23(27-17)20-4-3-11-25-16-20)29-12-9-19(10-13-29)24(30)26-15-18-5-7-21(31-2)8-6-18/h3-8,11,14,16,19H,9-10,12-13,15H2,1-2H3,(H,26,30). The number of ether oxygens (including phenoxy) is 1. The van der Waals surface area contributed by atoms with Crippen molar-refractivity contribution in [3.63, 3.8) is 0 Å². The molecule has 31 heavy (non-hydrogen) atoms. The predicted molar refractivity (Wildman–Crippen MR) is 120 cm³/mol. The molecular weight excluding hydrogens is 390 g/mol. The van der Waals surface area contributed by atoms with Crippen LogP contribution < -0.4 is 15.0 Å². The zero-order chi connectivity index (χ0) is 21.6. The van der Waals surface area contributed by atoms with Gasteiger partial charge in [0.15, 0.2) is 5.82 Å². The highest BCUT2D eigenvalue weighted by atomic mass is 16.5. The molecule has 1 aliphatic rings. The first-order valence-electron chi connectivity index (χ1n) is 10.5. The minimum Gasteiger partial charge on any atom is -0.497 e. The highest BCUT2D eigenvalue weighted by Crippen LogP contribution is 2.25. The monoisotopic (exact) mass is 417 g/mol. The number of carbonyl (C=O) groups excluding carboxylic acids is 1. The molecule has 160 valence electrons. The van der Waals surface area contributed by atoms with E-state index in [1.54, 1.807) is 19.5 Å². The van der Waals surface area contributed by atoms with Crippen molar-refractivity contribution >= 4 is 11.7 Å². The van der Waals surface area contributed by atoms with Gasteiger partial charge in [0, 0.05) is 55.3 Å². The summed E-state index contributed by atoms with van der Waals surface area (Å²) in [6.45, 7) is 4.10. The topological polar surface area (TPSA) is 80.2 Å². The number of hydrogen-bond donors (Lipinski definition) is 1. The van der Waals surface area contributed by atoms with Gasteiger partial charge in [-0.1, -0.05) is 12.1 Å². The Kier molecular flexibility index (Phi) is 6.40. The summed E-state index contributed by atoms with van der Waals surface area (Å²) in [5, 5.41) is 3.07. The number of anilines is 1. The van der Waals surface area contributed by atoms with Gasteiger partial charge in [-0.25, -0.2) is 9.97 Å². The van der Waals surface area contributed by atoms with Gasteiger partial charge in [-0.3, -0.25) is 9.78 Å². The summed E-state index contributed by atoms with van der Waals surface area (Å²) in [5.41, 5.74) is 2.88. The summed E-state index contributed by atoms with van der Waals surface area (Å²) >= 11 is 0. The van der Waals surface area contributed by atoms with E-state index in [0.29, 0.717) is 12.4 Å². The maximum Gasteiger partial charge on any atom is 0.223 e. The minimum absolute atomic E-state index is 0.0234. The van der Waals surface area contributed by atoms with Crippen LogP contribution in [0.5, 0.6) is 5.75 Å². The second-order valence-electron chi connectivity index (χ2n) is 7.76. The number of aromatic nitrogens is 3. The molecule has 1 fully saturated rings. The van der Waals surface area contributed by atoms with Crippen molar-refractivity contribution in [1.29, 1.82) is 0 Å². The molecule has 0 radical (unpaired) electrons. The van der Waals surface area contributed by atoms with Crippen LogP contribution in [0.15, 0.2) is 54.9 Å². The lowest BCUT2D eigenvalue weighted by Crippen LogP contribution is -2.40. The summed E-state index contributed by atoms with van der Waals surface area (Å²) < 4.78 is 5.17. The highest BCUT2D eigenvalue weighted by molar-refractivity contribution is 5.79. The molecule has 1 saturated heterocycles. The summed E-state index contributed by atoms with van der Waals surface area (Å²) in [5.74, 6) is 2.54. The fourth-order valence-electron chi connectivity index (χ4n) is 3.79. The van der Waals surface area contributed by atoms with E-state index < -0.39 is 0 Å². The Labute approximate surface area is 182 Å². The van der Waals surface area contributed by atoms with Gasteiger partial charge in [-0.05, 0) is 49.6 Å². The smallest absolute Gasteiger partial charge is 0.223 e. The van der Waals surface area contributed by atoms with E-state index in [2.05, 4.69) is 20.2 Å². The van der Waals surface area contributed by atoms with Gasteiger partial charge in [0.1, 0.15) is 11.6 Å². The van der Waals surface area contributed by atoms with Gasteiger partial charge in [0.25, 0.3) is 0 Å². The number of pyridine rings is 1. The molecule has 1 aromatic carbocycles. The molecule has 3 heterocycles. The Morgan fingerprint density at radius 1 is 1.16 bits per heavy atom. The van der Waals surface area contributed by atoms with Gasteiger partial charge < -0.3 is 15.0 Å². The van der Waals surface area contributed by atoms with E-state index in [-0.39, 0.29) is 11.8 Å². The summed E-state index contributed by atoms with van der Waals surface area (Å²) in [4.78, 5) is 28.4. The van der Waals surface area contributed by atoms with Crippen LogP contribution in [0.2, 0.25) is 0 Å². The molecular formula is C24H27N5O2. The molecule has 3 aromatic rings. The molecule has 0 saturated carbocycles. The number of carbonyl (C=O) groups is 1. The Balaban J connectivity index is 1.34. The Morgan fingerprint density at radius 2 is 1.94 bits per heavy atom. The molecule has 4 rings (SSSR count). The molecule has 1 N–H and O–H groups in total. The van der Waals surface area contributed by atoms with Gasteiger partial charge >= 0.3 is 0 Å². The number of benzene rings is 1. The fourth-order valence-corrected chi connectivity index (χ4v) is 3.79. The number of aryl methyl sites for hydroxylation is 1. The van der Waals surface area contributed by atoms with Gasteiger partial charge in [0.05, 0.1) is 7.11 Å². The van der Waals surface area contributed by atoms with Crippen molar-refractivity contribution in [2.45, 2.75) is 26.3 Å². The molecule has 0 unspecified atom stereocenters. The van der Waals surface area contributed by atoms with E-state index in [1.165, 1.54) is 0 Å². The number of piperidine rings is 1. The summed E-state index contributed by atoms with van der Waals surface area (Å²) in [6.07, 6.45) is 5.13. The van der Waals surface area contributed by atoms with Crippen molar-refractivity contribution in [3.05, 3.63) is 66.1 Å². The van der Waals surface area contributed by atoms with Crippen molar-refractivity contribution in [1.82, 2.24) is 20.3 Å². The van der Waals surface area contributed by atoms with E-state index in [1.807, 2.05) is 49.4 Å². The normalized spacial score (nSPS) is 14.3. The average Bonchev–Trinajstić information content (AvgIpc) is 2.83. The van der Waals surface area contributed by atoms with Gasteiger partial charge in [-0.15, -0.1) is 0 Å². The van der Waals surface area contributed by atoms with Crippen LogP contribution in [-0.4, -0.2) is 41.1 Å². The van der Waals surface area contributed by atoms with E-state index in [0.717, 1.165) is 54.3 Å². The van der Waals surface area contributed by atoms with Gasteiger partial charge in [0.2, 0.25) is 5.91 Å². The lowest BCUT2D eigenvalue weighted by molar-refractivity contribution is -0.125. The third-order valence-corrected chi connectivity index (χ3v) is 5.58. The van der Waals surface area contributed by atoms with Crippen molar-refractivity contribution in [2.24, 2.45) is 5.92 Å². The van der Waals surface area contributed by atoms with E-state index >= 15 is 0 Å². The minimum atomic E-state index is 0.0234. The van der Waals surface area contributed by atoms with Crippen LogP contribution in [0.1, 0.15) is 24.1 Å². The van der Waals surface area contributed by atoms with Crippen molar-refractivity contribution < 1.29 is 9.53 Å². The average molecular weight is 418 g/mol. The largest absolute Gasteiger partial charge is 0.497 e. The first kappa shape index (κ1) is 20.8. The van der Waals surface area contributed by atoms with Crippen molar-refractivity contribution in [2.75, 3.05) is 25.1 Å². The molecule has 0 aliphatic carbocycles. The molecule has 7 heteroatoms. The second kappa shape index (κ2) is 9.55. The maximum absolute atomic E-state index is 12.6. The van der Waals surface area contributed by atoms with E-state index in [4.69, 9.17) is 9.72 Å². The quantitative estimate of drug-likeness (QED) is 0.662. The number of methoxy groups -OCH3 is 1. The summed E-state index contributed by atoms with van der Waals surface area (Å²) in [7, 11) is 1.64. The molecule has 7 nitrogen and oxygen atoms in total. The van der Waals surface area contributed by atoms with Crippen LogP contribution in [0.3, 0.4) is 0 Å². The Hall–Kier alpha value is -3.48. The number of hydrogen-bond acceptors (Lipinski definition) is 6. The Bertz CT molecular complexity index is 1020. The lowest BCUT2D eigenvalue weighted by atomic mass is 9.95. The molecule has 0 atom stereocenters. The number of amides is 1. The van der Waals surface area contributed by atoms with Crippen LogP contribution in [0.25, 0.3) is 11.4 Å². The van der Waals surface area contributed by atoms with Crippen LogP contribution in [-0.2, 0) is 11.3 Å². The number of rotatable bonds is 6. The molecule has 0 spiro atoms. The molecule has 1 amide bonds. The first-order valence-corrected chi connectivity index (χ1v) is 10.5. The van der Waals surface area contributed by atoms with Crippen LogP contribution in [0, 0.1) is 12.8 Å². The number of nitrogens with zero attached hydrogens (tertiary/aromatic N) is 4. The maximum atomic E-state index is 12.6. The predicted octanol–water partition coefficient (Wildman–Crippen LogP) is 3.39. The zero-order valence-electron chi connectivity index (χ0n) is 17.9. The second-order valence-corrected chi connectivity index (χ2v) is 7.76. The lowest BCUT2D eigenvalue weighted by Gasteiger charge is -2.32. The van der Waals surface area contributed by atoms with Crippen molar-refractivity contribution in [3.8, 4) is 17.1 Å². The van der Waals surface area contributed by atoms with E-state index in [9.17, 15) is 4.79 Å². The van der Waals surface area contributed by atoms with Gasteiger partial charge in [-0.2, -0.15) is 0 Å². The Morgan fingerprint density at radius 3 is 2.61 bits per heavy atom. The SMILES string of the molecule is COc1ccc(CNC(=O)C2CCN(c3cc(C)nc(-c4cccnc4)n3)CC2)cc1. The van der Waals surface area contributed by atoms with Crippen LogP contribution in [0.4, 0.5) is 5.82 Å².